The van der Waals surface area contributed by atoms with E-state index in [1.165, 1.54) is 7.11 Å². The minimum atomic E-state index is -0.584. The van der Waals surface area contributed by atoms with Gasteiger partial charge in [0.2, 0.25) is 5.91 Å². The standard InChI is InChI=1S/C13H17N3O2/c1-18-10-12(9-14)16-13(17)7-8-15-11-5-3-2-4-6-11/h2-6,12,15H,7-8,10H2,1H3,(H,16,17)/t12-/m0/s1. The van der Waals surface area contributed by atoms with Crippen molar-refractivity contribution in [2.75, 3.05) is 25.6 Å². The molecule has 18 heavy (non-hydrogen) atoms. The smallest absolute Gasteiger partial charge is 0.222 e. The van der Waals surface area contributed by atoms with Gasteiger partial charge in [-0.15, -0.1) is 0 Å². The molecule has 1 aromatic rings. The monoisotopic (exact) mass is 247 g/mol. The number of nitrogens with one attached hydrogen (secondary N) is 2. The highest BCUT2D eigenvalue weighted by atomic mass is 16.5. The van der Waals surface area contributed by atoms with Crippen LogP contribution in [0.4, 0.5) is 5.69 Å². The highest BCUT2D eigenvalue weighted by molar-refractivity contribution is 5.77. The fourth-order valence-electron chi connectivity index (χ4n) is 1.42. The van der Waals surface area contributed by atoms with Gasteiger partial charge in [0, 0.05) is 25.8 Å². The average Bonchev–Trinajstić information content (AvgIpc) is 2.39. The van der Waals surface area contributed by atoms with Crippen molar-refractivity contribution in [1.82, 2.24) is 5.32 Å². The molecule has 96 valence electrons. The lowest BCUT2D eigenvalue weighted by molar-refractivity contribution is -0.121. The summed E-state index contributed by atoms with van der Waals surface area (Å²) in [5, 5.41) is 14.5. The summed E-state index contributed by atoms with van der Waals surface area (Å²) in [6.07, 6.45) is 0.316. The molecule has 0 aliphatic rings. The summed E-state index contributed by atoms with van der Waals surface area (Å²) in [7, 11) is 1.49. The fourth-order valence-corrected chi connectivity index (χ4v) is 1.42. The predicted molar refractivity (Wildman–Crippen MR) is 69.0 cm³/mol. The molecule has 1 atom stereocenters. The zero-order valence-corrected chi connectivity index (χ0v) is 10.3. The summed E-state index contributed by atoms with van der Waals surface area (Å²) in [5.74, 6) is -0.165. The maximum atomic E-state index is 11.5. The SMILES string of the molecule is COC[C@H](C#N)NC(=O)CCNc1ccccc1. The van der Waals surface area contributed by atoms with Crippen molar-refractivity contribution in [2.45, 2.75) is 12.5 Å². The molecule has 0 bridgehead atoms. The summed E-state index contributed by atoms with van der Waals surface area (Å²) in [6, 6.07) is 11.0. The maximum absolute atomic E-state index is 11.5. The molecule has 0 spiro atoms. The molecule has 0 unspecified atom stereocenters. The highest BCUT2D eigenvalue weighted by Crippen LogP contribution is 2.04. The van der Waals surface area contributed by atoms with Gasteiger partial charge < -0.3 is 15.4 Å². The third-order valence-corrected chi connectivity index (χ3v) is 2.28. The molecule has 0 saturated heterocycles. The van der Waals surface area contributed by atoms with Crippen molar-refractivity contribution in [1.29, 1.82) is 5.26 Å². The number of hydrogen-bond donors (Lipinski definition) is 2. The number of hydrogen-bond acceptors (Lipinski definition) is 4. The Labute approximate surface area is 107 Å². The van der Waals surface area contributed by atoms with E-state index in [0.717, 1.165) is 5.69 Å². The van der Waals surface area contributed by atoms with Crippen molar-refractivity contribution in [3.63, 3.8) is 0 Å². The Morgan fingerprint density at radius 2 is 2.17 bits per heavy atom. The van der Waals surface area contributed by atoms with Gasteiger partial charge in [-0.1, -0.05) is 18.2 Å². The topological polar surface area (TPSA) is 74.1 Å². The van der Waals surface area contributed by atoms with Crippen LogP contribution in [-0.4, -0.2) is 32.2 Å². The molecule has 1 amide bonds. The van der Waals surface area contributed by atoms with Crippen LogP contribution >= 0.6 is 0 Å². The first-order valence-corrected chi connectivity index (χ1v) is 5.73. The van der Waals surface area contributed by atoms with Crippen molar-refractivity contribution in [2.24, 2.45) is 0 Å². The number of anilines is 1. The van der Waals surface area contributed by atoms with Crippen molar-refractivity contribution < 1.29 is 9.53 Å². The first-order valence-electron chi connectivity index (χ1n) is 5.73. The lowest BCUT2D eigenvalue weighted by Crippen LogP contribution is -2.37. The number of carbonyl (C=O) groups excluding carboxylic acids is 1. The molecule has 5 nitrogen and oxygen atoms in total. The summed E-state index contributed by atoms with van der Waals surface area (Å²) in [4.78, 5) is 11.5. The Balaban J connectivity index is 2.23. The van der Waals surface area contributed by atoms with Crippen LogP contribution in [0.2, 0.25) is 0 Å². The third kappa shape index (κ3) is 5.32. The molecule has 0 aliphatic carbocycles. The summed E-state index contributed by atoms with van der Waals surface area (Å²) in [6.45, 7) is 0.731. The van der Waals surface area contributed by atoms with Crippen molar-refractivity contribution in [3.8, 4) is 6.07 Å². The molecule has 0 saturated carbocycles. The van der Waals surface area contributed by atoms with Crippen molar-refractivity contribution in [3.05, 3.63) is 30.3 Å². The second kappa shape index (κ2) is 8.09. The van der Waals surface area contributed by atoms with Gasteiger partial charge in [-0.3, -0.25) is 4.79 Å². The van der Waals surface area contributed by atoms with E-state index < -0.39 is 6.04 Å². The molecule has 0 fully saturated rings. The maximum Gasteiger partial charge on any atom is 0.222 e. The Morgan fingerprint density at radius 3 is 2.78 bits per heavy atom. The first-order chi connectivity index (χ1) is 8.76. The number of methoxy groups -OCH3 is 1. The lowest BCUT2D eigenvalue weighted by Gasteiger charge is -2.11. The third-order valence-electron chi connectivity index (χ3n) is 2.28. The van der Waals surface area contributed by atoms with Crippen molar-refractivity contribution >= 4 is 11.6 Å². The van der Waals surface area contributed by atoms with E-state index in [9.17, 15) is 4.79 Å². The van der Waals surface area contributed by atoms with Crippen LogP contribution < -0.4 is 10.6 Å². The van der Waals surface area contributed by atoms with Crippen LogP contribution in [0, 0.1) is 11.3 Å². The first kappa shape index (κ1) is 14.0. The number of rotatable bonds is 7. The van der Waals surface area contributed by atoms with E-state index in [-0.39, 0.29) is 12.5 Å². The second-order valence-electron chi connectivity index (χ2n) is 3.75. The quantitative estimate of drug-likeness (QED) is 0.757. The minimum Gasteiger partial charge on any atom is -0.385 e. The van der Waals surface area contributed by atoms with Crippen LogP contribution in [-0.2, 0) is 9.53 Å². The van der Waals surface area contributed by atoms with E-state index >= 15 is 0 Å². The Bertz CT molecular complexity index is 400. The molecular formula is C13H17N3O2. The number of amides is 1. The normalized spacial score (nSPS) is 11.3. The number of ether oxygens (including phenoxy) is 1. The van der Waals surface area contributed by atoms with Crippen LogP contribution in [0.1, 0.15) is 6.42 Å². The second-order valence-corrected chi connectivity index (χ2v) is 3.75. The molecule has 0 aliphatic heterocycles. The Kier molecular flexibility index (Phi) is 6.30. The van der Waals surface area contributed by atoms with Gasteiger partial charge in [0.1, 0.15) is 6.04 Å². The zero-order valence-electron chi connectivity index (χ0n) is 10.3. The molecule has 0 aromatic heterocycles. The summed E-state index contributed by atoms with van der Waals surface area (Å²) >= 11 is 0. The van der Waals surface area contributed by atoms with E-state index in [1.54, 1.807) is 0 Å². The van der Waals surface area contributed by atoms with Crippen LogP contribution in [0.15, 0.2) is 30.3 Å². The number of para-hydroxylation sites is 1. The Hall–Kier alpha value is -2.06. The molecule has 0 radical (unpaired) electrons. The van der Waals surface area contributed by atoms with Crippen LogP contribution in [0.25, 0.3) is 0 Å². The number of nitrogens with zero attached hydrogens (tertiary/aromatic N) is 1. The number of carbonyl (C=O) groups is 1. The average molecular weight is 247 g/mol. The van der Waals surface area contributed by atoms with Gasteiger partial charge in [-0.25, -0.2) is 0 Å². The fraction of sp³-hybridized carbons (Fsp3) is 0.385. The number of benzene rings is 1. The molecule has 5 heteroatoms. The molecule has 1 aromatic carbocycles. The largest absolute Gasteiger partial charge is 0.385 e. The lowest BCUT2D eigenvalue weighted by atomic mass is 10.3. The van der Waals surface area contributed by atoms with E-state index in [2.05, 4.69) is 10.6 Å². The summed E-state index contributed by atoms with van der Waals surface area (Å²) < 4.78 is 4.82. The molecule has 0 heterocycles. The minimum absolute atomic E-state index is 0.165. The van der Waals surface area contributed by atoms with E-state index in [1.807, 2.05) is 36.4 Å². The molecule has 1 rings (SSSR count). The van der Waals surface area contributed by atoms with Gasteiger partial charge in [-0.05, 0) is 12.1 Å². The van der Waals surface area contributed by atoms with Gasteiger partial charge in [0.25, 0.3) is 0 Å². The van der Waals surface area contributed by atoms with Gasteiger partial charge in [0.15, 0.2) is 0 Å². The van der Waals surface area contributed by atoms with Gasteiger partial charge >= 0.3 is 0 Å². The summed E-state index contributed by atoms with van der Waals surface area (Å²) in [5.41, 5.74) is 0.971. The molecule has 2 N–H and O–H groups in total. The van der Waals surface area contributed by atoms with Gasteiger partial charge in [0.05, 0.1) is 12.7 Å². The highest BCUT2D eigenvalue weighted by Gasteiger charge is 2.10. The van der Waals surface area contributed by atoms with E-state index in [4.69, 9.17) is 10.00 Å². The number of nitriles is 1. The Morgan fingerprint density at radius 1 is 1.44 bits per heavy atom. The van der Waals surface area contributed by atoms with Crippen LogP contribution in [0.3, 0.4) is 0 Å². The molecular weight excluding hydrogens is 230 g/mol. The predicted octanol–water partition coefficient (Wildman–Crippen LogP) is 1.14. The van der Waals surface area contributed by atoms with Crippen LogP contribution in [0.5, 0.6) is 0 Å². The zero-order chi connectivity index (χ0) is 13.2. The van der Waals surface area contributed by atoms with E-state index in [0.29, 0.717) is 13.0 Å². The van der Waals surface area contributed by atoms with Gasteiger partial charge in [-0.2, -0.15) is 5.26 Å².